The Kier molecular flexibility index (Phi) is 4.83. The number of nitrogens with one attached hydrogen (secondary N) is 1. The van der Waals surface area contributed by atoms with Gasteiger partial charge >= 0.3 is 0 Å². The molecule has 1 fully saturated rings. The molecule has 1 aromatic heterocycles. The van der Waals surface area contributed by atoms with Crippen LogP contribution in [0.1, 0.15) is 41.5 Å². The van der Waals surface area contributed by atoms with Gasteiger partial charge in [0.2, 0.25) is 0 Å². The van der Waals surface area contributed by atoms with Crippen LogP contribution in [0, 0.1) is 13.8 Å². The van der Waals surface area contributed by atoms with Gasteiger partial charge in [-0.1, -0.05) is 0 Å². The molecule has 1 N–H and O–H groups in total. The Hall–Kier alpha value is -2.47. The van der Waals surface area contributed by atoms with Crippen LogP contribution >= 0.6 is 0 Å². The lowest BCUT2D eigenvalue weighted by Crippen LogP contribution is -2.40. The number of nitrogens with zero attached hydrogens (tertiary/aromatic N) is 1. The van der Waals surface area contributed by atoms with Crippen LogP contribution in [-0.2, 0) is 4.74 Å². The molecule has 0 radical (unpaired) electrons. The maximum atomic E-state index is 12.8. The van der Waals surface area contributed by atoms with Crippen molar-refractivity contribution in [2.75, 3.05) is 19.8 Å². The molecule has 144 valence electrons. The number of amides is 1. The first-order chi connectivity index (χ1) is 13.0. The van der Waals surface area contributed by atoms with Gasteiger partial charge in [-0.05, 0) is 51.8 Å². The van der Waals surface area contributed by atoms with E-state index in [-0.39, 0.29) is 18.1 Å². The maximum absolute atomic E-state index is 12.8. The number of rotatable bonds is 4. The molecule has 27 heavy (non-hydrogen) atoms. The van der Waals surface area contributed by atoms with Gasteiger partial charge in [0, 0.05) is 29.7 Å². The lowest BCUT2D eigenvalue weighted by atomic mass is 10.1. The average Bonchev–Trinajstić information content (AvgIpc) is 3.30. The van der Waals surface area contributed by atoms with Crippen LogP contribution in [0.2, 0.25) is 0 Å². The predicted octanol–water partition coefficient (Wildman–Crippen LogP) is 3.16. The van der Waals surface area contributed by atoms with Crippen molar-refractivity contribution in [3.63, 3.8) is 0 Å². The van der Waals surface area contributed by atoms with Gasteiger partial charge in [0.25, 0.3) is 5.91 Å². The van der Waals surface area contributed by atoms with Crippen LogP contribution in [0.15, 0.2) is 24.3 Å². The van der Waals surface area contributed by atoms with Crippen LogP contribution < -0.4 is 14.8 Å². The molecule has 2 aliphatic heterocycles. The minimum absolute atomic E-state index is 0.00245. The Morgan fingerprint density at radius 3 is 2.67 bits per heavy atom. The van der Waals surface area contributed by atoms with E-state index in [1.54, 1.807) is 0 Å². The molecule has 6 heteroatoms. The second-order valence-corrected chi connectivity index (χ2v) is 7.26. The summed E-state index contributed by atoms with van der Waals surface area (Å²) in [6, 6.07) is 7.80. The van der Waals surface area contributed by atoms with E-state index in [0.29, 0.717) is 18.8 Å². The van der Waals surface area contributed by atoms with E-state index in [4.69, 9.17) is 14.2 Å². The van der Waals surface area contributed by atoms with Crippen LogP contribution in [0.5, 0.6) is 11.5 Å². The smallest absolute Gasteiger partial charge is 0.253 e. The molecule has 0 unspecified atom stereocenters. The van der Waals surface area contributed by atoms with Crippen molar-refractivity contribution in [3.8, 4) is 17.2 Å². The van der Waals surface area contributed by atoms with Gasteiger partial charge in [0.05, 0.1) is 17.7 Å². The molecule has 2 atom stereocenters. The number of benzene rings is 1. The number of aryl methyl sites for hydroxylation is 1. The highest BCUT2D eigenvalue weighted by molar-refractivity contribution is 5.96. The largest absolute Gasteiger partial charge is 0.486 e. The molecule has 2 aromatic rings. The van der Waals surface area contributed by atoms with Crippen molar-refractivity contribution in [2.45, 2.75) is 45.8 Å². The first-order valence-electron chi connectivity index (χ1n) is 9.56. The average molecular weight is 370 g/mol. The van der Waals surface area contributed by atoms with Gasteiger partial charge in [-0.25, -0.2) is 0 Å². The molecule has 0 spiro atoms. The Morgan fingerprint density at radius 2 is 1.93 bits per heavy atom. The number of fused-ring (bicyclic) bond motifs is 1. The minimum Gasteiger partial charge on any atom is -0.486 e. The topological polar surface area (TPSA) is 61.7 Å². The monoisotopic (exact) mass is 370 g/mol. The summed E-state index contributed by atoms with van der Waals surface area (Å²) in [4.78, 5) is 12.8. The number of hydrogen-bond acceptors (Lipinski definition) is 4. The number of carbonyl (C=O) groups excluding carboxylic acids is 1. The summed E-state index contributed by atoms with van der Waals surface area (Å²) in [6.07, 6.45) is 2.16. The number of ether oxygens (including phenoxy) is 3. The molecule has 0 aliphatic carbocycles. The van der Waals surface area contributed by atoms with Crippen LogP contribution in [0.4, 0.5) is 0 Å². The third kappa shape index (κ3) is 3.41. The fourth-order valence-electron chi connectivity index (χ4n) is 3.94. The third-order valence-electron chi connectivity index (χ3n) is 5.34. The molecule has 6 nitrogen and oxygen atoms in total. The Bertz CT molecular complexity index is 852. The first-order valence-corrected chi connectivity index (χ1v) is 9.56. The summed E-state index contributed by atoms with van der Waals surface area (Å²) in [5.41, 5.74) is 3.55. The number of carbonyl (C=O) groups is 1. The molecule has 1 saturated heterocycles. The SMILES string of the molecule is Cc1cc(C(=O)N[C@@H](C)[C@@H]2CCCO2)c(C)n1-c1ccc2c(c1)OCCO2. The Labute approximate surface area is 159 Å². The van der Waals surface area contributed by atoms with Gasteiger partial charge in [0.15, 0.2) is 11.5 Å². The number of aromatic nitrogens is 1. The van der Waals surface area contributed by atoms with Gasteiger partial charge in [-0.2, -0.15) is 0 Å². The van der Waals surface area contributed by atoms with Crippen molar-refractivity contribution in [1.82, 2.24) is 9.88 Å². The van der Waals surface area contributed by atoms with E-state index in [1.165, 1.54) is 0 Å². The van der Waals surface area contributed by atoms with E-state index in [0.717, 1.165) is 48.0 Å². The zero-order chi connectivity index (χ0) is 19.0. The summed E-state index contributed by atoms with van der Waals surface area (Å²) >= 11 is 0. The highest BCUT2D eigenvalue weighted by atomic mass is 16.6. The fourth-order valence-corrected chi connectivity index (χ4v) is 3.94. The molecular formula is C21H26N2O4. The molecule has 3 heterocycles. The normalized spacial score (nSPS) is 19.7. The zero-order valence-electron chi connectivity index (χ0n) is 16.1. The zero-order valence-corrected chi connectivity index (χ0v) is 16.1. The quantitative estimate of drug-likeness (QED) is 0.898. The molecule has 1 amide bonds. The van der Waals surface area contributed by atoms with E-state index >= 15 is 0 Å². The fraction of sp³-hybridized carbons (Fsp3) is 0.476. The lowest BCUT2D eigenvalue weighted by Gasteiger charge is -2.20. The standard InChI is InChI=1S/C21H26N2O4/c1-13-11-17(21(24)22-14(2)18-5-4-8-25-18)15(3)23(13)16-6-7-19-20(12-16)27-10-9-26-19/h6-7,11-12,14,18H,4-5,8-10H2,1-3H3,(H,22,24)/t14-,18-/m0/s1. The maximum Gasteiger partial charge on any atom is 0.253 e. The summed E-state index contributed by atoms with van der Waals surface area (Å²) in [5, 5.41) is 3.10. The van der Waals surface area contributed by atoms with Crippen molar-refractivity contribution in [2.24, 2.45) is 0 Å². The highest BCUT2D eigenvalue weighted by Crippen LogP contribution is 2.33. The predicted molar refractivity (Wildman–Crippen MR) is 102 cm³/mol. The lowest BCUT2D eigenvalue weighted by molar-refractivity contribution is 0.0712. The molecular weight excluding hydrogens is 344 g/mol. The van der Waals surface area contributed by atoms with E-state index in [2.05, 4.69) is 9.88 Å². The molecule has 0 saturated carbocycles. The minimum atomic E-state index is -0.0603. The van der Waals surface area contributed by atoms with Crippen molar-refractivity contribution < 1.29 is 19.0 Å². The third-order valence-corrected chi connectivity index (χ3v) is 5.34. The molecule has 4 rings (SSSR count). The van der Waals surface area contributed by atoms with E-state index < -0.39 is 0 Å². The Balaban J connectivity index is 1.59. The summed E-state index contributed by atoms with van der Waals surface area (Å²) in [7, 11) is 0. The number of hydrogen-bond donors (Lipinski definition) is 1. The Morgan fingerprint density at radius 1 is 1.15 bits per heavy atom. The summed E-state index contributed by atoms with van der Waals surface area (Å²) < 4.78 is 19.1. The molecule has 0 bridgehead atoms. The second-order valence-electron chi connectivity index (χ2n) is 7.26. The highest BCUT2D eigenvalue weighted by Gasteiger charge is 2.26. The summed E-state index contributed by atoms with van der Waals surface area (Å²) in [6.45, 7) is 7.88. The first kappa shape index (κ1) is 17.9. The van der Waals surface area contributed by atoms with Gasteiger partial charge in [-0.3, -0.25) is 4.79 Å². The van der Waals surface area contributed by atoms with Crippen LogP contribution in [0.25, 0.3) is 5.69 Å². The van der Waals surface area contributed by atoms with Crippen LogP contribution in [-0.4, -0.2) is 42.4 Å². The second kappa shape index (κ2) is 7.27. The van der Waals surface area contributed by atoms with Crippen molar-refractivity contribution in [3.05, 3.63) is 41.2 Å². The van der Waals surface area contributed by atoms with Crippen molar-refractivity contribution >= 4 is 5.91 Å². The summed E-state index contributed by atoms with van der Waals surface area (Å²) in [5.74, 6) is 1.44. The van der Waals surface area contributed by atoms with E-state index in [9.17, 15) is 4.79 Å². The molecule has 2 aliphatic rings. The van der Waals surface area contributed by atoms with Gasteiger partial charge < -0.3 is 24.1 Å². The van der Waals surface area contributed by atoms with Crippen molar-refractivity contribution in [1.29, 1.82) is 0 Å². The van der Waals surface area contributed by atoms with Gasteiger partial charge in [-0.15, -0.1) is 0 Å². The molecule has 1 aromatic carbocycles. The van der Waals surface area contributed by atoms with E-state index in [1.807, 2.05) is 45.0 Å². The van der Waals surface area contributed by atoms with Gasteiger partial charge in [0.1, 0.15) is 13.2 Å². The van der Waals surface area contributed by atoms with Crippen LogP contribution in [0.3, 0.4) is 0 Å².